The summed E-state index contributed by atoms with van der Waals surface area (Å²) < 4.78 is 0. The SMILES string of the molecule is CC(=S)N1c2ccccc2CCC1C. The Morgan fingerprint density at radius 3 is 2.86 bits per heavy atom. The molecule has 0 saturated heterocycles. The van der Waals surface area contributed by atoms with Crippen molar-refractivity contribution in [2.45, 2.75) is 32.7 Å². The van der Waals surface area contributed by atoms with E-state index in [1.807, 2.05) is 6.92 Å². The van der Waals surface area contributed by atoms with Crippen LogP contribution in [0.2, 0.25) is 0 Å². The highest BCUT2D eigenvalue weighted by atomic mass is 32.1. The van der Waals surface area contributed by atoms with Gasteiger partial charge in [-0.05, 0) is 38.3 Å². The maximum atomic E-state index is 5.29. The van der Waals surface area contributed by atoms with Gasteiger partial charge in [-0.25, -0.2) is 0 Å². The zero-order valence-corrected chi connectivity index (χ0v) is 9.47. The van der Waals surface area contributed by atoms with Crippen molar-refractivity contribution >= 4 is 22.9 Å². The maximum Gasteiger partial charge on any atom is 0.0794 e. The van der Waals surface area contributed by atoms with Gasteiger partial charge in [0.15, 0.2) is 0 Å². The van der Waals surface area contributed by atoms with Gasteiger partial charge in [-0.1, -0.05) is 30.4 Å². The Morgan fingerprint density at radius 1 is 1.43 bits per heavy atom. The first kappa shape index (κ1) is 9.66. The van der Waals surface area contributed by atoms with Crippen LogP contribution in [0.5, 0.6) is 0 Å². The molecule has 74 valence electrons. The van der Waals surface area contributed by atoms with Crippen molar-refractivity contribution in [3.05, 3.63) is 29.8 Å². The molecule has 1 heterocycles. The molecule has 2 rings (SSSR count). The molecule has 1 aromatic carbocycles. The Kier molecular flexibility index (Phi) is 2.55. The summed E-state index contributed by atoms with van der Waals surface area (Å²) in [6, 6.07) is 9.10. The van der Waals surface area contributed by atoms with Gasteiger partial charge in [-0.15, -0.1) is 0 Å². The molecular weight excluding hydrogens is 190 g/mol. The molecule has 0 N–H and O–H groups in total. The summed E-state index contributed by atoms with van der Waals surface area (Å²) in [4.78, 5) is 3.25. The summed E-state index contributed by atoms with van der Waals surface area (Å²) >= 11 is 5.29. The average molecular weight is 205 g/mol. The first-order valence-corrected chi connectivity index (χ1v) is 5.48. The zero-order valence-electron chi connectivity index (χ0n) is 8.66. The first-order valence-electron chi connectivity index (χ1n) is 5.08. The van der Waals surface area contributed by atoms with Crippen molar-refractivity contribution in [3.63, 3.8) is 0 Å². The van der Waals surface area contributed by atoms with Gasteiger partial charge in [-0.2, -0.15) is 0 Å². The minimum atomic E-state index is 0.544. The molecule has 1 nitrogen and oxygen atoms in total. The van der Waals surface area contributed by atoms with E-state index in [9.17, 15) is 0 Å². The lowest BCUT2D eigenvalue weighted by Gasteiger charge is -2.36. The van der Waals surface area contributed by atoms with Crippen molar-refractivity contribution in [2.24, 2.45) is 0 Å². The third kappa shape index (κ3) is 1.55. The quantitative estimate of drug-likeness (QED) is 0.598. The molecule has 0 spiro atoms. The molecule has 1 atom stereocenters. The van der Waals surface area contributed by atoms with Crippen LogP contribution < -0.4 is 4.90 Å². The van der Waals surface area contributed by atoms with E-state index >= 15 is 0 Å². The predicted molar refractivity (Wildman–Crippen MR) is 65.0 cm³/mol. The number of hydrogen-bond acceptors (Lipinski definition) is 1. The highest BCUT2D eigenvalue weighted by Crippen LogP contribution is 2.30. The molecule has 0 bridgehead atoms. The molecule has 14 heavy (non-hydrogen) atoms. The average Bonchev–Trinajstić information content (AvgIpc) is 2.17. The fourth-order valence-corrected chi connectivity index (χ4v) is 2.45. The van der Waals surface area contributed by atoms with Gasteiger partial charge in [0, 0.05) is 11.7 Å². The van der Waals surface area contributed by atoms with E-state index in [-0.39, 0.29) is 0 Å². The second-order valence-electron chi connectivity index (χ2n) is 3.91. The van der Waals surface area contributed by atoms with Crippen LogP contribution >= 0.6 is 12.2 Å². The van der Waals surface area contributed by atoms with Crippen molar-refractivity contribution < 1.29 is 0 Å². The smallest absolute Gasteiger partial charge is 0.0794 e. The Labute approximate surface area is 90.7 Å². The number of thiocarbonyl (C=S) groups is 1. The van der Waals surface area contributed by atoms with Gasteiger partial charge in [0.1, 0.15) is 0 Å². The number of nitrogens with zero attached hydrogens (tertiary/aromatic N) is 1. The molecule has 1 aromatic rings. The molecule has 2 heteroatoms. The molecule has 0 aromatic heterocycles. The molecule has 0 radical (unpaired) electrons. The van der Waals surface area contributed by atoms with Crippen LogP contribution in [0.15, 0.2) is 24.3 Å². The van der Waals surface area contributed by atoms with Gasteiger partial charge in [-0.3, -0.25) is 0 Å². The maximum absolute atomic E-state index is 5.29. The second-order valence-corrected chi connectivity index (χ2v) is 4.50. The number of hydrogen-bond donors (Lipinski definition) is 0. The van der Waals surface area contributed by atoms with Gasteiger partial charge in [0.05, 0.1) is 4.99 Å². The van der Waals surface area contributed by atoms with Crippen molar-refractivity contribution in [2.75, 3.05) is 4.90 Å². The Balaban J connectivity index is 2.46. The summed E-state index contributed by atoms with van der Waals surface area (Å²) in [5.41, 5.74) is 2.73. The largest absolute Gasteiger partial charge is 0.333 e. The summed E-state index contributed by atoms with van der Waals surface area (Å²) in [7, 11) is 0. The minimum Gasteiger partial charge on any atom is -0.333 e. The van der Waals surface area contributed by atoms with E-state index in [4.69, 9.17) is 12.2 Å². The third-order valence-corrected chi connectivity index (χ3v) is 3.06. The highest BCUT2D eigenvalue weighted by Gasteiger charge is 2.23. The lowest BCUT2D eigenvalue weighted by molar-refractivity contribution is 0.630. The Hall–Kier alpha value is -0.890. The zero-order chi connectivity index (χ0) is 10.1. The number of anilines is 1. The molecule has 0 amide bonds. The molecule has 0 saturated carbocycles. The van der Waals surface area contributed by atoms with Crippen LogP contribution in [0.25, 0.3) is 0 Å². The van der Waals surface area contributed by atoms with Crippen molar-refractivity contribution in [1.29, 1.82) is 0 Å². The Bertz CT molecular complexity index is 359. The van der Waals surface area contributed by atoms with E-state index < -0.39 is 0 Å². The lowest BCUT2D eigenvalue weighted by atomic mass is 9.97. The normalized spacial score (nSPS) is 20.4. The molecule has 0 aliphatic carbocycles. The molecule has 1 unspecified atom stereocenters. The predicted octanol–water partition coefficient (Wildman–Crippen LogP) is 3.18. The molecule has 1 aliphatic heterocycles. The second kappa shape index (κ2) is 3.70. The summed E-state index contributed by atoms with van der Waals surface area (Å²) in [5.74, 6) is 0. The standard InChI is InChI=1S/C12H15NS/c1-9-7-8-11-5-3-4-6-12(11)13(9)10(2)14/h3-6,9H,7-8H2,1-2H3. The third-order valence-electron chi connectivity index (χ3n) is 2.86. The van der Waals surface area contributed by atoms with E-state index in [0.29, 0.717) is 6.04 Å². The summed E-state index contributed by atoms with van der Waals surface area (Å²) in [5, 5.41) is 0. The fraction of sp³-hybridized carbons (Fsp3) is 0.417. The van der Waals surface area contributed by atoms with E-state index in [1.165, 1.54) is 24.1 Å². The lowest BCUT2D eigenvalue weighted by Crippen LogP contribution is -2.39. The van der Waals surface area contributed by atoms with Crippen LogP contribution in [0.4, 0.5) is 5.69 Å². The van der Waals surface area contributed by atoms with Gasteiger partial charge in [0.2, 0.25) is 0 Å². The van der Waals surface area contributed by atoms with E-state index in [0.717, 1.165) is 4.99 Å². The monoisotopic (exact) mass is 205 g/mol. The molecule has 0 fully saturated rings. The number of para-hydroxylation sites is 1. The summed E-state index contributed by atoms with van der Waals surface area (Å²) in [6.07, 6.45) is 2.38. The molecular formula is C12H15NS. The Morgan fingerprint density at radius 2 is 2.14 bits per heavy atom. The van der Waals surface area contributed by atoms with Crippen LogP contribution in [-0.4, -0.2) is 11.0 Å². The van der Waals surface area contributed by atoms with Crippen LogP contribution in [-0.2, 0) is 6.42 Å². The van der Waals surface area contributed by atoms with E-state index in [1.54, 1.807) is 0 Å². The number of aryl methyl sites for hydroxylation is 1. The van der Waals surface area contributed by atoms with E-state index in [2.05, 4.69) is 36.1 Å². The summed E-state index contributed by atoms with van der Waals surface area (Å²) in [6.45, 7) is 4.25. The number of benzene rings is 1. The van der Waals surface area contributed by atoms with Crippen molar-refractivity contribution in [1.82, 2.24) is 0 Å². The van der Waals surface area contributed by atoms with Gasteiger partial charge >= 0.3 is 0 Å². The first-order chi connectivity index (χ1) is 6.70. The van der Waals surface area contributed by atoms with Crippen molar-refractivity contribution in [3.8, 4) is 0 Å². The highest BCUT2D eigenvalue weighted by molar-refractivity contribution is 7.80. The topological polar surface area (TPSA) is 3.24 Å². The minimum absolute atomic E-state index is 0.544. The number of rotatable bonds is 0. The fourth-order valence-electron chi connectivity index (χ4n) is 2.17. The van der Waals surface area contributed by atoms with Gasteiger partial charge in [0.25, 0.3) is 0 Å². The van der Waals surface area contributed by atoms with Crippen LogP contribution in [0.1, 0.15) is 25.8 Å². The van der Waals surface area contributed by atoms with Crippen LogP contribution in [0, 0.1) is 0 Å². The van der Waals surface area contributed by atoms with Gasteiger partial charge < -0.3 is 4.90 Å². The van der Waals surface area contributed by atoms with Crippen LogP contribution in [0.3, 0.4) is 0 Å². The number of fused-ring (bicyclic) bond motifs is 1. The molecule has 1 aliphatic rings.